The van der Waals surface area contributed by atoms with Crippen molar-refractivity contribution in [1.82, 2.24) is 0 Å². The molecular weight excluding hydrogens is 570 g/mol. The van der Waals surface area contributed by atoms with Gasteiger partial charge in [-0.05, 0) is 41.6 Å². The summed E-state index contributed by atoms with van der Waals surface area (Å²) in [5.41, 5.74) is -16.0. The van der Waals surface area contributed by atoms with E-state index in [1.165, 1.54) is 0 Å². The van der Waals surface area contributed by atoms with Gasteiger partial charge >= 0.3 is 29.5 Å². The van der Waals surface area contributed by atoms with Crippen LogP contribution in [0.5, 0.6) is 0 Å². The summed E-state index contributed by atoms with van der Waals surface area (Å²) >= 11 is 1.40. The topological polar surface area (TPSA) is 23.8 Å². The molecule has 0 N–H and O–H groups in total. The number of thioether (sulfide) groups is 1. The molecule has 1 nitrogen and oxygen atoms in total. The van der Waals surface area contributed by atoms with Gasteiger partial charge in [-0.15, -0.1) is 0 Å². The highest BCUT2D eigenvalue weighted by molar-refractivity contribution is 9.10. The monoisotopic (exact) mass is 575 g/mol. The van der Waals surface area contributed by atoms with Crippen molar-refractivity contribution in [3.05, 3.63) is 52.0 Å². The van der Waals surface area contributed by atoms with Crippen LogP contribution in [0.4, 0.5) is 52.7 Å². The summed E-state index contributed by atoms with van der Waals surface area (Å²) in [4.78, 5) is -1.29. The van der Waals surface area contributed by atoms with Crippen LogP contribution in [-0.4, -0.2) is 23.8 Å². The third-order valence-corrected chi connectivity index (χ3v) is 5.48. The van der Waals surface area contributed by atoms with Gasteiger partial charge in [0.05, 0.1) is 11.6 Å². The maximum Gasteiger partial charge on any atom is 0.457 e. The second kappa shape index (κ2) is 8.61. The van der Waals surface area contributed by atoms with Crippen molar-refractivity contribution in [2.45, 2.75) is 34.3 Å². The fourth-order valence-corrected chi connectivity index (χ4v) is 4.21. The number of nitrogens with zero attached hydrogens (tertiary/aromatic N) is 1. The number of hydrogen-bond acceptors (Lipinski definition) is 2. The zero-order valence-corrected chi connectivity index (χ0v) is 17.6. The lowest BCUT2D eigenvalue weighted by Crippen LogP contribution is -2.60. The summed E-state index contributed by atoms with van der Waals surface area (Å²) < 4.78 is 160. The highest BCUT2D eigenvalue weighted by Crippen LogP contribution is 2.61. The fourth-order valence-electron chi connectivity index (χ4n) is 2.75. The Morgan fingerprint density at radius 3 is 1.67 bits per heavy atom. The van der Waals surface area contributed by atoms with Gasteiger partial charge in [-0.2, -0.15) is 53.6 Å². The molecule has 2 rings (SSSR count). The molecule has 0 radical (unpaired) electrons. The molecule has 180 valence electrons. The third kappa shape index (κ3) is 5.06. The number of alkyl halides is 12. The van der Waals surface area contributed by atoms with E-state index in [1.54, 1.807) is 6.07 Å². The van der Waals surface area contributed by atoms with E-state index in [9.17, 15) is 48.3 Å². The van der Waals surface area contributed by atoms with Gasteiger partial charge in [0.2, 0.25) is 0 Å². The molecule has 0 aliphatic rings. The van der Waals surface area contributed by atoms with Crippen LogP contribution in [0.1, 0.15) is 11.1 Å². The SMILES string of the molecule is N#Cc1ccc(-c2c(Br)cc(SC(F)(F)F)cc2C(F)(C(F)(F)F)C(F)(F)C(F)(F)F)cc1. The molecule has 0 aliphatic heterocycles. The average Bonchev–Trinajstić information content (AvgIpc) is 2.63. The third-order valence-electron chi connectivity index (χ3n) is 4.15. The average molecular weight is 576 g/mol. The van der Waals surface area contributed by atoms with Crippen LogP contribution in [0.2, 0.25) is 0 Å². The quantitative estimate of drug-likeness (QED) is 0.269. The lowest BCUT2D eigenvalue weighted by atomic mass is 9.82. The van der Waals surface area contributed by atoms with Gasteiger partial charge < -0.3 is 0 Å². The van der Waals surface area contributed by atoms with Gasteiger partial charge in [0.25, 0.3) is 0 Å². The van der Waals surface area contributed by atoms with Crippen LogP contribution in [0.25, 0.3) is 11.1 Å². The Balaban J connectivity index is 3.03. The Morgan fingerprint density at radius 1 is 0.758 bits per heavy atom. The Bertz CT molecular complexity index is 1070. The van der Waals surface area contributed by atoms with Gasteiger partial charge in [-0.1, -0.05) is 28.1 Å². The minimum atomic E-state index is -7.10. The van der Waals surface area contributed by atoms with Gasteiger partial charge in [0.1, 0.15) is 0 Å². The van der Waals surface area contributed by atoms with E-state index in [0.29, 0.717) is 6.07 Å². The Morgan fingerprint density at radius 2 is 1.27 bits per heavy atom. The van der Waals surface area contributed by atoms with E-state index in [0.717, 1.165) is 24.3 Å². The number of nitriles is 1. The van der Waals surface area contributed by atoms with Crippen molar-refractivity contribution < 1.29 is 52.7 Å². The molecule has 0 aromatic heterocycles. The molecular formula is C18H6BrF12NS. The molecule has 0 fully saturated rings. The van der Waals surface area contributed by atoms with E-state index in [2.05, 4.69) is 15.9 Å². The van der Waals surface area contributed by atoms with E-state index in [4.69, 9.17) is 5.26 Å². The molecule has 0 saturated heterocycles. The minimum absolute atomic E-state index is 0.108. The van der Waals surface area contributed by atoms with Crippen LogP contribution in [0.3, 0.4) is 0 Å². The Hall–Kier alpha value is -2.08. The van der Waals surface area contributed by atoms with Crippen LogP contribution in [0, 0.1) is 11.3 Å². The van der Waals surface area contributed by atoms with Crippen molar-refractivity contribution in [1.29, 1.82) is 5.26 Å². The lowest BCUT2D eigenvalue weighted by molar-refractivity contribution is -0.389. The first-order valence-corrected chi connectivity index (χ1v) is 9.67. The molecule has 33 heavy (non-hydrogen) atoms. The van der Waals surface area contributed by atoms with Crippen molar-refractivity contribution >= 4 is 27.7 Å². The van der Waals surface area contributed by atoms with Crippen LogP contribution >= 0.6 is 27.7 Å². The molecule has 1 unspecified atom stereocenters. The molecule has 15 heteroatoms. The largest absolute Gasteiger partial charge is 0.457 e. The summed E-state index contributed by atoms with van der Waals surface area (Å²) in [6, 6.07) is 5.21. The normalized spacial score (nSPS) is 15.2. The second-order valence-electron chi connectivity index (χ2n) is 6.29. The zero-order valence-electron chi connectivity index (χ0n) is 15.2. The smallest absolute Gasteiger partial charge is 0.221 e. The minimum Gasteiger partial charge on any atom is -0.221 e. The maximum atomic E-state index is 15.2. The molecule has 0 aliphatic carbocycles. The lowest BCUT2D eigenvalue weighted by Gasteiger charge is -2.37. The van der Waals surface area contributed by atoms with Crippen LogP contribution < -0.4 is 0 Å². The van der Waals surface area contributed by atoms with Crippen LogP contribution in [0.15, 0.2) is 45.8 Å². The Labute approximate surface area is 189 Å². The number of hydrogen-bond donors (Lipinski definition) is 0. The first-order valence-electron chi connectivity index (χ1n) is 8.06. The maximum absolute atomic E-state index is 15.2. The molecule has 0 bridgehead atoms. The number of halogens is 13. The predicted molar refractivity (Wildman–Crippen MR) is 96.0 cm³/mol. The highest BCUT2D eigenvalue weighted by atomic mass is 79.9. The van der Waals surface area contributed by atoms with Gasteiger partial charge in [0, 0.05) is 20.5 Å². The first kappa shape index (κ1) is 27.2. The standard InChI is InChI=1S/C18H6BrF12NS/c19-12-6-10(33-18(29,30)31)5-11(13(12)9-3-1-8(7-32)2-4-9)14(20,16(23,24)25)15(21,22)17(26,27)28/h1-6H. The Kier molecular flexibility index (Phi) is 7.09. The van der Waals surface area contributed by atoms with E-state index < -0.39 is 67.3 Å². The molecule has 0 saturated carbocycles. The van der Waals surface area contributed by atoms with E-state index in [-0.39, 0.29) is 11.6 Å². The number of rotatable bonds is 4. The summed E-state index contributed by atoms with van der Waals surface area (Å²) in [5.74, 6) is -7.10. The predicted octanol–water partition coefficient (Wildman–Crippen LogP) is 8.52. The highest BCUT2D eigenvalue weighted by Gasteiger charge is 2.82. The first-order chi connectivity index (χ1) is 14.8. The molecule has 1 atom stereocenters. The molecule has 2 aromatic rings. The van der Waals surface area contributed by atoms with Crippen molar-refractivity contribution in [3.8, 4) is 17.2 Å². The van der Waals surface area contributed by atoms with Crippen LogP contribution in [-0.2, 0) is 5.67 Å². The van der Waals surface area contributed by atoms with Gasteiger partial charge in [0.15, 0.2) is 0 Å². The summed E-state index contributed by atoms with van der Waals surface area (Å²) in [7, 11) is 0. The van der Waals surface area contributed by atoms with Gasteiger partial charge in [-0.3, -0.25) is 0 Å². The molecule has 2 aromatic carbocycles. The van der Waals surface area contributed by atoms with E-state index in [1.807, 2.05) is 0 Å². The molecule has 0 amide bonds. The fraction of sp³-hybridized carbons (Fsp3) is 0.278. The van der Waals surface area contributed by atoms with Crippen molar-refractivity contribution in [2.24, 2.45) is 0 Å². The molecule has 0 spiro atoms. The zero-order chi connectivity index (χ0) is 25.6. The van der Waals surface area contributed by atoms with Gasteiger partial charge in [-0.25, -0.2) is 4.39 Å². The number of benzene rings is 2. The molecule has 0 heterocycles. The summed E-state index contributed by atoms with van der Waals surface area (Å²) in [5, 5.41) is 8.78. The summed E-state index contributed by atoms with van der Waals surface area (Å²) in [6.45, 7) is 0. The summed E-state index contributed by atoms with van der Waals surface area (Å²) in [6.07, 6.45) is -14.0. The second-order valence-corrected chi connectivity index (χ2v) is 8.29. The van der Waals surface area contributed by atoms with E-state index >= 15 is 4.39 Å². The van der Waals surface area contributed by atoms with Crippen molar-refractivity contribution in [3.63, 3.8) is 0 Å². The van der Waals surface area contributed by atoms with Crippen molar-refractivity contribution in [2.75, 3.05) is 0 Å².